The number of hydrogen-bond acceptors (Lipinski definition) is 0. The summed E-state index contributed by atoms with van der Waals surface area (Å²) in [4.78, 5) is 0. The largest absolute Gasteiger partial charge is 0.0683 e. The summed E-state index contributed by atoms with van der Waals surface area (Å²) in [5, 5.41) is 0. The summed E-state index contributed by atoms with van der Waals surface area (Å²) >= 11 is 0. The summed E-state index contributed by atoms with van der Waals surface area (Å²) in [5.41, 5.74) is 8.44. The quantitative estimate of drug-likeness (QED) is 0.739. The van der Waals surface area contributed by atoms with Crippen molar-refractivity contribution in [3.05, 3.63) is 64.7 Å². The molecule has 0 bridgehead atoms. The Morgan fingerprint density at radius 2 is 1.74 bits per heavy atom. The van der Waals surface area contributed by atoms with Crippen LogP contribution < -0.4 is 0 Å². The topological polar surface area (TPSA) is 0 Å². The Balaban J connectivity index is 0.00000133. The van der Waals surface area contributed by atoms with E-state index >= 15 is 0 Å². The van der Waals surface area contributed by atoms with E-state index in [9.17, 15) is 0 Å². The Kier molecular flexibility index (Phi) is 4.58. The van der Waals surface area contributed by atoms with Gasteiger partial charge in [-0.2, -0.15) is 0 Å². The van der Waals surface area contributed by atoms with Crippen molar-refractivity contribution in [1.29, 1.82) is 0 Å². The van der Waals surface area contributed by atoms with E-state index in [-0.39, 0.29) is 26.2 Å². The SMILES string of the molecule is CCc1ccc(-c2cccc3c2C=C(C)C3)cc1.[Zr]. The van der Waals surface area contributed by atoms with Crippen LogP contribution in [0.3, 0.4) is 0 Å². The van der Waals surface area contributed by atoms with Gasteiger partial charge in [0.1, 0.15) is 0 Å². The van der Waals surface area contributed by atoms with Gasteiger partial charge in [0.15, 0.2) is 0 Å². The minimum Gasteiger partial charge on any atom is -0.0683 e. The molecule has 3 rings (SSSR count). The summed E-state index contributed by atoms with van der Waals surface area (Å²) in [6.07, 6.45) is 4.54. The van der Waals surface area contributed by atoms with Crippen molar-refractivity contribution in [2.75, 3.05) is 0 Å². The van der Waals surface area contributed by atoms with Gasteiger partial charge >= 0.3 is 0 Å². The van der Waals surface area contributed by atoms with E-state index in [4.69, 9.17) is 0 Å². The van der Waals surface area contributed by atoms with Crippen LogP contribution in [0, 0.1) is 0 Å². The van der Waals surface area contributed by atoms with Crippen molar-refractivity contribution in [2.45, 2.75) is 26.7 Å². The van der Waals surface area contributed by atoms with Gasteiger partial charge in [-0.25, -0.2) is 0 Å². The molecule has 2 aromatic carbocycles. The molecule has 0 saturated carbocycles. The van der Waals surface area contributed by atoms with Crippen LogP contribution >= 0.6 is 0 Å². The molecule has 0 nitrogen and oxygen atoms in total. The fourth-order valence-electron chi connectivity index (χ4n) is 2.71. The molecule has 0 aromatic heterocycles. The van der Waals surface area contributed by atoms with E-state index in [1.807, 2.05) is 0 Å². The fraction of sp³-hybridized carbons (Fsp3) is 0.222. The smallest absolute Gasteiger partial charge is 0 e. The zero-order valence-electron chi connectivity index (χ0n) is 11.5. The van der Waals surface area contributed by atoms with Gasteiger partial charge in [-0.3, -0.25) is 0 Å². The molecule has 0 heterocycles. The van der Waals surface area contributed by atoms with Gasteiger partial charge in [0.05, 0.1) is 0 Å². The van der Waals surface area contributed by atoms with Crippen molar-refractivity contribution >= 4 is 6.08 Å². The number of fused-ring (bicyclic) bond motifs is 1. The molecule has 0 saturated heterocycles. The normalized spacial score (nSPS) is 12.6. The number of rotatable bonds is 2. The molecule has 1 aliphatic carbocycles. The van der Waals surface area contributed by atoms with E-state index in [0.29, 0.717) is 0 Å². The number of hydrogen-bond donors (Lipinski definition) is 0. The third-order valence-electron chi connectivity index (χ3n) is 3.73. The molecule has 1 heteroatoms. The summed E-state index contributed by atoms with van der Waals surface area (Å²) in [6.45, 7) is 4.41. The second-order valence-corrected chi connectivity index (χ2v) is 5.10. The van der Waals surface area contributed by atoms with Crippen LogP contribution in [-0.4, -0.2) is 0 Å². The molecule has 0 N–H and O–H groups in total. The van der Waals surface area contributed by atoms with Crippen LogP contribution in [0.15, 0.2) is 48.0 Å². The van der Waals surface area contributed by atoms with Crippen molar-refractivity contribution in [2.24, 2.45) is 0 Å². The van der Waals surface area contributed by atoms with Crippen molar-refractivity contribution in [3.8, 4) is 11.1 Å². The van der Waals surface area contributed by atoms with E-state index < -0.39 is 0 Å². The van der Waals surface area contributed by atoms with Crippen molar-refractivity contribution in [3.63, 3.8) is 0 Å². The predicted molar refractivity (Wildman–Crippen MR) is 78.6 cm³/mol. The Labute approximate surface area is 134 Å². The number of benzene rings is 2. The van der Waals surface area contributed by atoms with E-state index in [2.05, 4.69) is 62.4 Å². The average molecular weight is 326 g/mol. The number of aryl methyl sites for hydroxylation is 1. The molecule has 94 valence electrons. The molecule has 0 fully saturated rings. The molecule has 0 atom stereocenters. The first-order valence-electron chi connectivity index (χ1n) is 6.66. The van der Waals surface area contributed by atoms with Gasteiger partial charge in [-0.05, 0) is 47.6 Å². The van der Waals surface area contributed by atoms with Crippen LogP contribution in [-0.2, 0) is 39.0 Å². The van der Waals surface area contributed by atoms with Crippen LogP contribution in [0.2, 0.25) is 0 Å². The maximum absolute atomic E-state index is 2.33. The van der Waals surface area contributed by atoms with Crippen LogP contribution in [0.1, 0.15) is 30.5 Å². The summed E-state index contributed by atoms with van der Waals surface area (Å²) in [7, 11) is 0. The Morgan fingerprint density at radius 1 is 1.00 bits per heavy atom. The van der Waals surface area contributed by atoms with Crippen molar-refractivity contribution < 1.29 is 26.2 Å². The Morgan fingerprint density at radius 3 is 2.42 bits per heavy atom. The summed E-state index contributed by atoms with van der Waals surface area (Å²) in [5.74, 6) is 0. The zero-order valence-corrected chi connectivity index (χ0v) is 14.0. The van der Waals surface area contributed by atoms with Gasteiger partial charge in [0.2, 0.25) is 0 Å². The zero-order chi connectivity index (χ0) is 12.5. The molecule has 2 aromatic rings. The first kappa shape index (κ1) is 14.5. The van der Waals surface area contributed by atoms with E-state index in [1.54, 1.807) is 0 Å². The average Bonchev–Trinajstić information content (AvgIpc) is 2.79. The summed E-state index contributed by atoms with van der Waals surface area (Å²) < 4.78 is 0. The third kappa shape index (κ3) is 2.82. The monoisotopic (exact) mass is 324 g/mol. The predicted octanol–water partition coefficient (Wildman–Crippen LogP) is 4.87. The number of allylic oxidation sites excluding steroid dienone is 1. The first-order chi connectivity index (χ1) is 8.78. The standard InChI is InChI=1S/C18H18.Zr/c1-3-14-7-9-15(10-8-14)17-6-4-5-16-11-13(2)12-18(16)17;/h4-10,12H,3,11H2,1-2H3;. The maximum atomic E-state index is 2.33. The van der Waals surface area contributed by atoms with E-state index in [1.165, 1.54) is 33.4 Å². The molecule has 0 spiro atoms. The van der Waals surface area contributed by atoms with Gasteiger partial charge in [0.25, 0.3) is 0 Å². The van der Waals surface area contributed by atoms with Gasteiger partial charge in [-0.1, -0.05) is 61.0 Å². The molecule has 1 aliphatic rings. The van der Waals surface area contributed by atoms with Crippen LogP contribution in [0.4, 0.5) is 0 Å². The Hall–Kier alpha value is -0.937. The minimum atomic E-state index is 0. The second-order valence-electron chi connectivity index (χ2n) is 5.10. The fourth-order valence-corrected chi connectivity index (χ4v) is 2.71. The van der Waals surface area contributed by atoms with Crippen LogP contribution in [0.25, 0.3) is 17.2 Å². The molecular weight excluding hydrogens is 307 g/mol. The second kappa shape index (κ2) is 6.01. The van der Waals surface area contributed by atoms with Gasteiger partial charge in [0, 0.05) is 26.2 Å². The van der Waals surface area contributed by atoms with Crippen molar-refractivity contribution in [1.82, 2.24) is 0 Å². The Bertz CT molecular complexity index is 606. The van der Waals surface area contributed by atoms with Crippen LogP contribution in [0.5, 0.6) is 0 Å². The first-order valence-corrected chi connectivity index (χ1v) is 6.66. The molecule has 0 amide bonds. The van der Waals surface area contributed by atoms with Gasteiger partial charge in [-0.15, -0.1) is 0 Å². The molecule has 0 aliphatic heterocycles. The molecule has 0 unspecified atom stereocenters. The maximum Gasteiger partial charge on any atom is 0 e. The van der Waals surface area contributed by atoms with E-state index in [0.717, 1.165) is 12.8 Å². The molecule has 0 radical (unpaired) electrons. The molecular formula is C18H18Zr. The molecule has 19 heavy (non-hydrogen) atoms. The van der Waals surface area contributed by atoms with Gasteiger partial charge < -0.3 is 0 Å². The minimum absolute atomic E-state index is 0. The summed E-state index contributed by atoms with van der Waals surface area (Å²) in [6, 6.07) is 15.6. The third-order valence-corrected chi connectivity index (χ3v) is 3.73.